The quantitative estimate of drug-likeness (QED) is 0.544. The van der Waals surface area contributed by atoms with Gasteiger partial charge in [0.15, 0.2) is 17.2 Å². The van der Waals surface area contributed by atoms with Crippen LogP contribution in [0.2, 0.25) is 0 Å². The van der Waals surface area contributed by atoms with Crippen molar-refractivity contribution in [3.05, 3.63) is 89.0 Å². The number of anilines is 1. The molecule has 1 saturated heterocycles. The maximum absolute atomic E-state index is 13.2. The Balaban J connectivity index is 1.35. The SMILES string of the molecule is COc1cccc2c1OC1(C)CC2NC(=O)N1c1cccc(C(=O)NCCc2ccc(C)cc2)c1. The predicted octanol–water partition coefficient (Wildman–Crippen LogP) is 4.75. The Labute approximate surface area is 205 Å². The van der Waals surface area contributed by atoms with E-state index in [9.17, 15) is 9.59 Å². The molecule has 2 bridgehead atoms. The first-order chi connectivity index (χ1) is 16.9. The Morgan fingerprint density at radius 2 is 1.94 bits per heavy atom. The Bertz CT molecular complexity index is 1270. The molecule has 7 nitrogen and oxygen atoms in total. The average molecular weight is 472 g/mol. The molecule has 0 aliphatic carbocycles. The zero-order valence-corrected chi connectivity index (χ0v) is 20.1. The van der Waals surface area contributed by atoms with E-state index in [-0.39, 0.29) is 18.0 Å². The summed E-state index contributed by atoms with van der Waals surface area (Å²) in [6.07, 6.45) is 1.31. The van der Waals surface area contributed by atoms with Crippen molar-refractivity contribution in [1.82, 2.24) is 10.6 Å². The molecule has 35 heavy (non-hydrogen) atoms. The van der Waals surface area contributed by atoms with Gasteiger partial charge in [0, 0.05) is 24.1 Å². The summed E-state index contributed by atoms with van der Waals surface area (Å²) < 4.78 is 11.9. The lowest BCUT2D eigenvalue weighted by atomic mass is 9.89. The highest BCUT2D eigenvalue weighted by Crippen LogP contribution is 2.49. The van der Waals surface area contributed by atoms with Gasteiger partial charge in [0.05, 0.1) is 18.8 Å². The minimum absolute atomic E-state index is 0.184. The van der Waals surface area contributed by atoms with E-state index in [0.717, 1.165) is 12.0 Å². The van der Waals surface area contributed by atoms with Crippen molar-refractivity contribution >= 4 is 17.6 Å². The van der Waals surface area contributed by atoms with E-state index < -0.39 is 5.72 Å². The van der Waals surface area contributed by atoms with Crippen LogP contribution in [0.1, 0.15) is 46.4 Å². The van der Waals surface area contributed by atoms with Gasteiger partial charge in [-0.2, -0.15) is 0 Å². The molecule has 2 N–H and O–H groups in total. The summed E-state index contributed by atoms with van der Waals surface area (Å²) in [5.74, 6) is 1.07. The fourth-order valence-corrected chi connectivity index (χ4v) is 4.88. The third kappa shape index (κ3) is 4.30. The first kappa shape index (κ1) is 22.8. The van der Waals surface area contributed by atoms with Crippen LogP contribution in [-0.2, 0) is 6.42 Å². The zero-order chi connectivity index (χ0) is 24.6. The molecular formula is C28H29N3O4. The Hall–Kier alpha value is -4.00. The fraction of sp³-hybridized carbons (Fsp3) is 0.286. The highest BCUT2D eigenvalue weighted by Gasteiger charge is 2.50. The van der Waals surface area contributed by atoms with Crippen LogP contribution >= 0.6 is 0 Å². The van der Waals surface area contributed by atoms with E-state index >= 15 is 0 Å². The fourth-order valence-electron chi connectivity index (χ4n) is 4.88. The number of para-hydroxylation sites is 1. The summed E-state index contributed by atoms with van der Waals surface area (Å²) in [4.78, 5) is 27.7. The average Bonchev–Trinajstić information content (AvgIpc) is 2.84. The second kappa shape index (κ2) is 8.98. The summed E-state index contributed by atoms with van der Waals surface area (Å²) in [6, 6.07) is 20.6. The van der Waals surface area contributed by atoms with Crippen LogP contribution in [0.5, 0.6) is 11.5 Å². The molecule has 5 rings (SSSR count). The van der Waals surface area contributed by atoms with E-state index in [1.54, 1.807) is 30.2 Å². The van der Waals surface area contributed by atoms with E-state index in [2.05, 4.69) is 41.8 Å². The molecule has 1 fully saturated rings. The number of nitrogens with one attached hydrogen (secondary N) is 2. The van der Waals surface area contributed by atoms with Crippen molar-refractivity contribution in [2.75, 3.05) is 18.6 Å². The number of urea groups is 1. The first-order valence-corrected chi connectivity index (χ1v) is 11.8. The molecule has 0 spiro atoms. The number of fused-ring (bicyclic) bond motifs is 4. The topological polar surface area (TPSA) is 79.9 Å². The number of carbonyl (C=O) groups excluding carboxylic acids is 2. The van der Waals surface area contributed by atoms with Crippen LogP contribution < -0.4 is 25.0 Å². The molecule has 3 aromatic rings. The van der Waals surface area contributed by atoms with E-state index in [0.29, 0.717) is 35.7 Å². The lowest BCUT2D eigenvalue weighted by Gasteiger charge is -2.50. The number of benzene rings is 3. The summed E-state index contributed by atoms with van der Waals surface area (Å²) >= 11 is 0. The number of rotatable bonds is 6. The van der Waals surface area contributed by atoms with Gasteiger partial charge in [0.2, 0.25) is 0 Å². The Morgan fingerprint density at radius 1 is 1.17 bits per heavy atom. The van der Waals surface area contributed by atoms with E-state index in [4.69, 9.17) is 9.47 Å². The second-order valence-corrected chi connectivity index (χ2v) is 9.24. The molecule has 2 unspecified atom stereocenters. The minimum atomic E-state index is -0.935. The van der Waals surface area contributed by atoms with Crippen molar-refractivity contribution in [2.24, 2.45) is 0 Å². The van der Waals surface area contributed by atoms with Gasteiger partial charge in [-0.1, -0.05) is 48.0 Å². The van der Waals surface area contributed by atoms with Gasteiger partial charge in [0.1, 0.15) is 0 Å². The molecule has 2 atom stereocenters. The van der Waals surface area contributed by atoms with Crippen molar-refractivity contribution in [3.8, 4) is 11.5 Å². The van der Waals surface area contributed by atoms with Crippen molar-refractivity contribution in [1.29, 1.82) is 0 Å². The molecule has 3 aromatic carbocycles. The minimum Gasteiger partial charge on any atom is -0.493 e. The van der Waals surface area contributed by atoms with Crippen LogP contribution in [-0.4, -0.2) is 31.3 Å². The summed E-state index contributed by atoms with van der Waals surface area (Å²) in [5.41, 5.74) is 3.42. The smallest absolute Gasteiger partial charge is 0.325 e. The molecule has 2 heterocycles. The highest BCUT2D eigenvalue weighted by molar-refractivity contribution is 5.99. The molecule has 3 amide bonds. The molecule has 2 aliphatic rings. The van der Waals surface area contributed by atoms with Crippen LogP contribution in [0.25, 0.3) is 0 Å². The van der Waals surface area contributed by atoms with Crippen molar-refractivity contribution < 1.29 is 19.1 Å². The standard InChI is InChI=1S/C28H29N3O4/c1-18-10-12-19(13-11-18)14-15-29-26(32)20-6-4-7-21(16-20)31-27(33)30-23-17-28(31,2)35-25-22(23)8-5-9-24(25)34-3/h4-13,16,23H,14-15,17H2,1-3H3,(H,29,32)(H,30,33). The molecule has 0 radical (unpaired) electrons. The molecule has 7 heteroatoms. The molecule has 180 valence electrons. The van der Waals surface area contributed by atoms with Crippen LogP contribution in [0.3, 0.4) is 0 Å². The van der Waals surface area contributed by atoms with Gasteiger partial charge in [-0.05, 0) is 50.1 Å². The summed E-state index contributed by atoms with van der Waals surface area (Å²) in [7, 11) is 1.60. The van der Waals surface area contributed by atoms with E-state index in [1.807, 2.05) is 31.2 Å². The predicted molar refractivity (Wildman–Crippen MR) is 134 cm³/mol. The van der Waals surface area contributed by atoms with Gasteiger partial charge < -0.3 is 20.1 Å². The molecule has 0 aromatic heterocycles. The third-order valence-electron chi connectivity index (χ3n) is 6.67. The molecule has 2 aliphatic heterocycles. The van der Waals surface area contributed by atoms with Crippen molar-refractivity contribution in [3.63, 3.8) is 0 Å². The van der Waals surface area contributed by atoms with Crippen LogP contribution in [0, 0.1) is 6.92 Å². The Morgan fingerprint density at radius 3 is 2.71 bits per heavy atom. The monoisotopic (exact) mass is 471 g/mol. The number of carbonyl (C=O) groups is 2. The number of hydrogen-bond donors (Lipinski definition) is 2. The number of nitrogens with zero attached hydrogens (tertiary/aromatic N) is 1. The highest BCUT2D eigenvalue weighted by atomic mass is 16.5. The largest absolute Gasteiger partial charge is 0.493 e. The number of methoxy groups -OCH3 is 1. The van der Waals surface area contributed by atoms with Crippen LogP contribution in [0.15, 0.2) is 66.7 Å². The molecule has 0 saturated carbocycles. The van der Waals surface area contributed by atoms with Gasteiger partial charge in [-0.25, -0.2) is 4.79 Å². The first-order valence-electron chi connectivity index (χ1n) is 11.8. The lowest BCUT2D eigenvalue weighted by Crippen LogP contribution is -2.65. The maximum atomic E-state index is 13.2. The second-order valence-electron chi connectivity index (χ2n) is 9.24. The van der Waals surface area contributed by atoms with Gasteiger partial charge in [-0.3, -0.25) is 9.69 Å². The number of ether oxygens (including phenoxy) is 2. The number of amides is 3. The van der Waals surface area contributed by atoms with Gasteiger partial charge in [0.25, 0.3) is 5.91 Å². The summed E-state index contributed by atoms with van der Waals surface area (Å²) in [6.45, 7) is 4.47. The lowest BCUT2D eigenvalue weighted by molar-refractivity contribution is 0.0349. The van der Waals surface area contributed by atoms with Gasteiger partial charge >= 0.3 is 6.03 Å². The maximum Gasteiger partial charge on any atom is 0.325 e. The zero-order valence-electron chi connectivity index (χ0n) is 20.1. The normalized spacial score (nSPS) is 20.4. The number of hydrogen-bond acceptors (Lipinski definition) is 4. The third-order valence-corrected chi connectivity index (χ3v) is 6.67. The van der Waals surface area contributed by atoms with E-state index in [1.165, 1.54) is 11.1 Å². The number of aryl methyl sites for hydroxylation is 1. The van der Waals surface area contributed by atoms with Crippen molar-refractivity contribution in [2.45, 2.75) is 38.5 Å². The van der Waals surface area contributed by atoms with Crippen LogP contribution in [0.4, 0.5) is 10.5 Å². The summed E-state index contributed by atoms with van der Waals surface area (Å²) in [5, 5.41) is 6.06. The Kier molecular flexibility index (Phi) is 5.84. The van der Waals surface area contributed by atoms with Gasteiger partial charge in [-0.15, -0.1) is 0 Å². The molecular weight excluding hydrogens is 442 g/mol.